The highest BCUT2D eigenvalue weighted by molar-refractivity contribution is 5.74. The quantitative estimate of drug-likeness (QED) is 0.510. The smallest absolute Gasteiger partial charge is 0.318 e. The molecule has 2 rings (SSSR count). The molecule has 0 aliphatic carbocycles. The fraction of sp³-hybridized carbons (Fsp3) is 0.526. The van der Waals surface area contributed by atoms with Gasteiger partial charge < -0.3 is 30.7 Å². The number of aliphatic hydroxyl groups is 1. The number of aromatic nitrogens is 2. The maximum Gasteiger partial charge on any atom is 0.318 e. The Hall–Kier alpha value is -2.65. The van der Waals surface area contributed by atoms with Gasteiger partial charge in [0, 0.05) is 6.54 Å². The van der Waals surface area contributed by atoms with Crippen LogP contribution in [0.1, 0.15) is 50.5 Å². The van der Waals surface area contributed by atoms with Gasteiger partial charge in [-0.15, -0.1) is 0 Å². The average Bonchev–Trinajstić information content (AvgIpc) is 3.12. The van der Waals surface area contributed by atoms with Crippen molar-refractivity contribution in [1.82, 2.24) is 20.4 Å². The van der Waals surface area contributed by atoms with E-state index in [4.69, 9.17) is 10.3 Å². The summed E-state index contributed by atoms with van der Waals surface area (Å²) in [6, 6.07) is 5.62. The zero-order valence-electron chi connectivity index (χ0n) is 16.5. The van der Waals surface area contributed by atoms with Crippen LogP contribution in [-0.2, 0) is 13.0 Å². The van der Waals surface area contributed by atoms with E-state index in [1.54, 1.807) is 43.0 Å². The molecule has 1 heterocycles. The van der Waals surface area contributed by atoms with Gasteiger partial charge in [0.05, 0.1) is 18.2 Å². The molecule has 0 radical (unpaired) electrons. The first kappa shape index (κ1) is 21.6. The van der Waals surface area contributed by atoms with Crippen molar-refractivity contribution in [3.8, 4) is 5.75 Å². The molecule has 5 N–H and O–H groups in total. The van der Waals surface area contributed by atoms with E-state index in [1.165, 1.54) is 0 Å². The molecular formula is C19H29N5O4. The van der Waals surface area contributed by atoms with Gasteiger partial charge in [0.15, 0.2) is 5.82 Å². The van der Waals surface area contributed by atoms with Crippen molar-refractivity contribution in [2.75, 3.05) is 6.54 Å². The third-order valence-electron chi connectivity index (χ3n) is 4.39. The molecule has 1 aromatic carbocycles. The Morgan fingerprint density at radius 1 is 1.32 bits per heavy atom. The Balaban J connectivity index is 1.99. The Morgan fingerprint density at radius 3 is 2.61 bits per heavy atom. The van der Waals surface area contributed by atoms with E-state index < -0.39 is 12.1 Å². The molecular weight excluding hydrogens is 362 g/mol. The molecule has 154 valence electrons. The van der Waals surface area contributed by atoms with Gasteiger partial charge in [-0.25, -0.2) is 4.79 Å². The number of benzene rings is 1. The molecule has 3 atom stereocenters. The Labute approximate surface area is 164 Å². The minimum Gasteiger partial charge on any atom is -0.508 e. The number of aliphatic hydroxyl groups excluding tert-OH is 1. The third-order valence-corrected chi connectivity index (χ3v) is 4.39. The molecule has 1 aromatic heterocycles. The van der Waals surface area contributed by atoms with Gasteiger partial charge in [-0.3, -0.25) is 0 Å². The lowest BCUT2D eigenvalue weighted by Crippen LogP contribution is -2.47. The second-order valence-electron chi connectivity index (χ2n) is 6.92. The number of phenols is 1. The van der Waals surface area contributed by atoms with Crippen LogP contribution in [0.4, 0.5) is 4.79 Å². The van der Waals surface area contributed by atoms with Crippen molar-refractivity contribution in [1.29, 1.82) is 0 Å². The number of nitrogens with two attached hydrogens (primary N) is 1. The number of aromatic hydroxyl groups is 1. The molecule has 9 nitrogen and oxygen atoms in total. The van der Waals surface area contributed by atoms with E-state index >= 15 is 0 Å². The predicted molar refractivity (Wildman–Crippen MR) is 103 cm³/mol. The lowest BCUT2D eigenvalue weighted by Gasteiger charge is -2.24. The molecule has 28 heavy (non-hydrogen) atoms. The Bertz CT molecular complexity index is 747. The number of rotatable bonds is 9. The number of urea groups is 1. The zero-order valence-corrected chi connectivity index (χ0v) is 16.5. The first-order valence-corrected chi connectivity index (χ1v) is 9.39. The van der Waals surface area contributed by atoms with Gasteiger partial charge >= 0.3 is 6.03 Å². The van der Waals surface area contributed by atoms with Gasteiger partial charge in [0.2, 0.25) is 5.89 Å². The zero-order chi connectivity index (χ0) is 20.7. The number of carbonyl (C=O) groups excluding carboxylic acids is 1. The number of carbonyl (C=O) groups is 1. The minimum absolute atomic E-state index is 0.158. The Morgan fingerprint density at radius 2 is 2.00 bits per heavy atom. The molecule has 0 aliphatic rings. The summed E-state index contributed by atoms with van der Waals surface area (Å²) in [6.07, 6.45) is 0.600. The molecule has 2 aromatic rings. The van der Waals surface area contributed by atoms with E-state index in [9.17, 15) is 15.0 Å². The summed E-state index contributed by atoms with van der Waals surface area (Å²) < 4.78 is 5.27. The molecule has 0 saturated heterocycles. The van der Waals surface area contributed by atoms with Crippen LogP contribution in [-0.4, -0.2) is 50.0 Å². The summed E-state index contributed by atoms with van der Waals surface area (Å²) in [5.41, 5.74) is 7.10. The molecule has 3 unspecified atom stereocenters. The summed E-state index contributed by atoms with van der Waals surface area (Å²) in [5.74, 6) is 0.847. The number of phenolic OH excluding ortho intramolecular Hbond substituents is 1. The SMILES string of the molecule is CCCN(Cc1nc(C(N)Cc2ccc(O)cc2)no1)C(=O)NC(C)C(C)O. The first-order valence-electron chi connectivity index (χ1n) is 9.39. The molecule has 0 spiro atoms. The van der Waals surface area contributed by atoms with Crippen molar-refractivity contribution < 1.29 is 19.5 Å². The van der Waals surface area contributed by atoms with Crippen LogP contribution in [0, 0.1) is 0 Å². The Kier molecular flexibility index (Phi) is 7.77. The highest BCUT2D eigenvalue weighted by Crippen LogP contribution is 2.17. The maximum atomic E-state index is 12.4. The summed E-state index contributed by atoms with van der Waals surface area (Å²) in [5, 5.41) is 25.6. The third kappa shape index (κ3) is 6.21. The monoisotopic (exact) mass is 391 g/mol. The fourth-order valence-electron chi connectivity index (χ4n) is 2.55. The lowest BCUT2D eigenvalue weighted by molar-refractivity contribution is 0.139. The second-order valence-corrected chi connectivity index (χ2v) is 6.92. The van der Waals surface area contributed by atoms with Crippen LogP contribution in [0.15, 0.2) is 28.8 Å². The van der Waals surface area contributed by atoms with Crippen LogP contribution in [0.2, 0.25) is 0 Å². The largest absolute Gasteiger partial charge is 0.508 e. The van der Waals surface area contributed by atoms with E-state index in [1.807, 2.05) is 6.92 Å². The summed E-state index contributed by atoms with van der Waals surface area (Å²) in [7, 11) is 0. The predicted octanol–water partition coefficient (Wildman–Crippen LogP) is 1.71. The van der Waals surface area contributed by atoms with Crippen LogP contribution in [0.25, 0.3) is 0 Å². The van der Waals surface area contributed by atoms with E-state index in [2.05, 4.69) is 15.5 Å². The van der Waals surface area contributed by atoms with Crippen molar-refractivity contribution in [2.45, 2.75) is 58.3 Å². The first-order chi connectivity index (χ1) is 13.3. The van der Waals surface area contributed by atoms with Crippen LogP contribution in [0.3, 0.4) is 0 Å². The van der Waals surface area contributed by atoms with Gasteiger partial charge in [0.1, 0.15) is 12.3 Å². The van der Waals surface area contributed by atoms with E-state index in [0.29, 0.717) is 24.7 Å². The molecule has 0 bridgehead atoms. The number of nitrogens with zero attached hydrogens (tertiary/aromatic N) is 3. The second kappa shape index (κ2) is 10.0. The number of hydrogen-bond acceptors (Lipinski definition) is 7. The average molecular weight is 391 g/mol. The molecule has 9 heteroatoms. The molecule has 0 fully saturated rings. The van der Waals surface area contributed by atoms with Crippen molar-refractivity contribution in [2.24, 2.45) is 5.73 Å². The summed E-state index contributed by atoms with van der Waals surface area (Å²) in [6.45, 7) is 5.99. The number of nitrogens with one attached hydrogen (secondary N) is 1. The van der Waals surface area contributed by atoms with Crippen molar-refractivity contribution >= 4 is 6.03 Å². The normalized spacial score (nSPS) is 14.3. The van der Waals surface area contributed by atoms with E-state index in [-0.39, 0.29) is 24.4 Å². The molecule has 2 amide bonds. The number of amides is 2. The van der Waals surface area contributed by atoms with Crippen LogP contribution >= 0.6 is 0 Å². The minimum atomic E-state index is -0.652. The van der Waals surface area contributed by atoms with Crippen molar-refractivity contribution in [3.05, 3.63) is 41.5 Å². The highest BCUT2D eigenvalue weighted by Gasteiger charge is 2.21. The van der Waals surface area contributed by atoms with Gasteiger partial charge in [-0.2, -0.15) is 4.98 Å². The van der Waals surface area contributed by atoms with Gasteiger partial charge in [-0.05, 0) is 44.4 Å². The van der Waals surface area contributed by atoms with Crippen LogP contribution < -0.4 is 11.1 Å². The van der Waals surface area contributed by atoms with Gasteiger partial charge in [-0.1, -0.05) is 24.2 Å². The maximum absolute atomic E-state index is 12.4. The molecule has 0 aliphatic heterocycles. The van der Waals surface area contributed by atoms with Crippen LogP contribution in [0.5, 0.6) is 5.75 Å². The summed E-state index contributed by atoms with van der Waals surface area (Å²) in [4.78, 5) is 18.3. The standard InChI is InChI=1S/C19H29N5O4/c1-4-9-24(19(27)21-12(2)13(3)25)11-17-22-18(23-28-17)16(20)10-14-5-7-15(26)8-6-14/h5-8,12-13,16,25-26H,4,9-11,20H2,1-3H3,(H,21,27). The molecule has 0 saturated carbocycles. The summed E-state index contributed by atoms with van der Waals surface area (Å²) >= 11 is 0. The highest BCUT2D eigenvalue weighted by atomic mass is 16.5. The van der Waals surface area contributed by atoms with E-state index in [0.717, 1.165) is 12.0 Å². The van der Waals surface area contributed by atoms with Crippen molar-refractivity contribution in [3.63, 3.8) is 0 Å². The topological polar surface area (TPSA) is 138 Å². The lowest BCUT2D eigenvalue weighted by atomic mass is 10.1. The fourth-order valence-corrected chi connectivity index (χ4v) is 2.55. The number of hydrogen-bond donors (Lipinski definition) is 4. The van der Waals surface area contributed by atoms with Gasteiger partial charge in [0.25, 0.3) is 0 Å².